The maximum atomic E-state index is 12.7. The van der Waals surface area contributed by atoms with Crippen molar-refractivity contribution in [3.63, 3.8) is 0 Å². The summed E-state index contributed by atoms with van der Waals surface area (Å²) < 4.78 is 15.7. The number of carbonyl (C=O) groups is 4. The van der Waals surface area contributed by atoms with Crippen LogP contribution in [0, 0.1) is 0 Å². The molecular weight excluding hydrogens is 440 g/mol. The minimum absolute atomic E-state index is 0.0185. The largest absolute Gasteiger partial charge is 0.454 e. The van der Waals surface area contributed by atoms with Gasteiger partial charge in [0.1, 0.15) is 0 Å². The molecule has 0 aliphatic carbocycles. The van der Waals surface area contributed by atoms with Gasteiger partial charge in [-0.2, -0.15) is 0 Å². The second kappa shape index (κ2) is 8.88. The molecule has 9 nitrogen and oxygen atoms in total. The van der Waals surface area contributed by atoms with Crippen molar-refractivity contribution in [2.45, 2.75) is 19.8 Å². The summed E-state index contributed by atoms with van der Waals surface area (Å²) in [6, 6.07) is 7.45. The zero-order chi connectivity index (χ0) is 22.8. The number of carbonyl (C=O) groups excluding carboxylic acids is 4. The molecule has 2 aromatic rings. The summed E-state index contributed by atoms with van der Waals surface area (Å²) in [5.41, 5.74) is 0.934. The second-order valence-corrected chi connectivity index (χ2v) is 7.68. The highest BCUT2D eigenvalue weighted by Crippen LogP contribution is 2.37. The third-order valence-corrected chi connectivity index (χ3v) is 5.28. The highest BCUT2D eigenvalue weighted by Gasteiger charge is 2.27. The molecule has 2 aromatic carbocycles. The van der Waals surface area contributed by atoms with Crippen molar-refractivity contribution in [3.05, 3.63) is 46.5 Å². The normalized spacial score (nSPS) is 14.4. The molecule has 1 saturated heterocycles. The molecule has 2 aliphatic heterocycles. The SMILES string of the molecule is CC(=O)c1cc2c(cc1NC(=O)COC(=O)c1ccc(Cl)cc1N1CCCC1=O)OCO2. The maximum absolute atomic E-state index is 12.7. The monoisotopic (exact) mass is 458 g/mol. The number of esters is 1. The fraction of sp³-hybridized carbons (Fsp3) is 0.273. The number of anilines is 2. The molecule has 0 spiro atoms. The molecule has 4 rings (SSSR count). The van der Waals surface area contributed by atoms with Gasteiger partial charge in [-0.05, 0) is 37.6 Å². The van der Waals surface area contributed by atoms with Gasteiger partial charge >= 0.3 is 5.97 Å². The van der Waals surface area contributed by atoms with E-state index in [1.165, 1.54) is 42.2 Å². The van der Waals surface area contributed by atoms with E-state index in [1.807, 2.05) is 0 Å². The third-order valence-electron chi connectivity index (χ3n) is 5.04. The Morgan fingerprint density at radius 2 is 1.88 bits per heavy atom. The number of hydrogen-bond donors (Lipinski definition) is 1. The quantitative estimate of drug-likeness (QED) is 0.522. The second-order valence-electron chi connectivity index (χ2n) is 7.24. The van der Waals surface area contributed by atoms with E-state index >= 15 is 0 Å². The van der Waals surface area contributed by atoms with E-state index in [0.717, 1.165) is 0 Å². The number of nitrogens with zero attached hydrogens (tertiary/aromatic N) is 1. The number of ether oxygens (including phenoxy) is 3. The molecule has 32 heavy (non-hydrogen) atoms. The summed E-state index contributed by atoms with van der Waals surface area (Å²) in [4.78, 5) is 50.6. The van der Waals surface area contributed by atoms with Crippen LogP contribution in [0.1, 0.15) is 40.5 Å². The van der Waals surface area contributed by atoms with E-state index in [4.69, 9.17) is 25.8 Å². The van der Waals surface area contributed by atoms with Crippen molar-refractivity contribution in [1.82, 2.24) is 0 Å². The Morgan fingerprint density at radius 1 is 1.12 bits per heavy atom. The van der Waals surface area contributed by atoms with Gasteiger partial charge in [0.15, 0.2) is 23.9 Å². The van der Waals surface area contributed by atoms with Crippen LogP contribution in [0.25, 0.3) is 0 Å². The Morgan fingerprint density at radius 3 is 2.56 bits per heavy atom. The van der Waals surface area contributed by atoms with Crippen molar-refractivity contribution < 1.29 is 33.4 Å². The van der Waals surface area contributed by atoms with Crippen LogP contribution < -0.4 is 19.7 Å². The fourth-order valence-electron chi connectivity index (χ4n) is 3.54. The number of halogens is 1. The summed E-state index contributed by atoms with van der Waals surface area (Å²) in [6.45, 7) is 1.25. The fourth-order valence-corrected chi connectivity index (χ4v) is 3.70. The Labute approximate surface area is 188 Å². The molecule has 0 saturated carbocycles. The molecule has 166 valence electrons. The van der Waals surface area contributed by atoms with Gasteiger partial charge in [-0.3, -0.25) is 14.4 Å². The number of nitrogens with one attached hydrogen (secondary N) is 1. The van der Waals surface area contributed by atoms with E-state index in [-0.39, 0.29) is 35.3 Å². The van der Waals surface area contributed by atoms with Gasteiger partial charge in [-0.15, -0.1) is 0 Å². The molecule has 2 amide bonds. The van der Waals surface area contributed by atoms with Crippen molar-refractivity contribution in [3.8, 4) is 11.5 Å². The summed E-state index contributed by atoms with van der Waals surface area (Å²) in [6.07, 6.45) is 1.06. The number of hydrogen-bond acceptors (Lipinski definition) is 7. The molecule has 0 atom stereocenters. The van der Waals surface area contributed by atoms with Gasteiger partial charge in [0, 0.05) is 29.6 Å². The van der Waals surface area contributed by atoms with Crippen LogP contribution in [0.3, 0.4) is 0 Å². The molecule has 0 bridgehead atoms. The number of rotatable bonds is 6. The molecule has 1 fully saturated rings. The number of amides is 2. The lowest BCUT2D eigenvalue weighted by Gasteiger charge is -2.19. The lowest BCUT2D eigenvalue weighted by molar-refractivity contribution is -0.119. The first-order valence-corrected chi connectivity index (χ1v) is 10.2. The molecule has 2 aliphatic rings. The predicted octanol–water partition coefficient (Wildman–Crippen LogP) is 3.19. The minimum Gasteiger partial charge on any atom is -0.454 e. The van der Waals surface area contributed by atoms with Gasteiger partial charge < -0.3 is 24.4 Å². The smallest absolute Gasteiger partial charge is 0.340 e. The van der Waals surface area contributed by atoms with E-state index in [0.29, 0.717) is 41.6 Å². The van der Waals surface area contributed by atoms with Crippen LogP contribution in [-0.4, -0.2) is 43.5 Å². The van der Waals surface area contributed by atoms with Gasteiger partial charge in [0.25, 0.3) is 5.91 Å². The summed E-state index contributed by atoms with van der Waals surface area (Å²) in [5, 5.41) is 2.93. The van der Waals surface area contributed by atoms with Crippen molar-refractivity contribution in [1.29, 1.82) is 0 Å². The molecule has 0 aromatic heterocycles. The van der Waals surface area contributed by atoms with Crippen LogP contribution in [0.2, 0.25) is 5.02 Å². The number of benzene rings is 2. The summed E-state index contributed by atoms with van der Waals surface area (Å²) >= 11 is 6.05. The number of ketones is 1. The Hall–Kier alpha value is -3.59. The minimum atomic E-state index is -0.774. The maximum Gasteiger partial charge on any atom is 0.340 e. The van der Waals surface area contributed by atoms with Gasteiger partial charge in [-0.25, -0.2) is 4.79 Å². The molecule has 2 heterocycles. The average molecular weight is 459 g/mol. The van der Waals surface area contributed by atoms with Crippen LogP contribution in [0.15, 0.2) is 30.3 Å². The topological polar surface area (TPSA) is 111 Å². The van der Waals surface area contributed by atoms with Crippen molar-refractivity contribution >= 4 is 46.5 Å². The Balaban J connectivity index is 1.46. The highest BCUT2D eigenvalue weighted by molar-refractivity contribution is 6.31. The first kappa shape index (κ1) is 21.6. The standard InChI is InChI=1S/C22H19ClN2O7/c1-12(26)15-8-18-19(32-11-31-18)9-16(15)24-20(27)10-30-22(29)14-5-4-13(23)7-17(14)25-6-2-3-21(25)28/h4-5,7-9H,2-3,6,10-11H2,1H3,(H,24,27). The summed E-state index contributed by atoms with van der Waals surface area (Å²) in [5.74, 6) is -1.01. The first-order valence-electron chi connectivity index (χ1n) is 9.85. The van der Waals surface area contributed by atoms with Crippen LogP contribution >= 0.6 is 11.6 Å². The first-order chi connectivity index (χ1) is 15.3. The molecule has 0 unspecified atom stereocenters. The number of Topliss-reactive ketones (excluding diaryl/α,β-unsaturated/α-hetero) is 1. The highest BCUT2D eigenvalue weighted by atomic mass is 35.5. The zero-order valence-corrected chi connectivity index (χ0v) is 17.9. The van der Waals surface area contributed by atoms with E-state index in [2.05, 4.69) is 5.32 Å². The average Bonchev–Trinajstić information content (AvgIpc) is 3.39. The van der Waals surface area contributed by atoms with E-state index in [9.17, 15) is 19.2 Å². The van der Waals surface area contributed by atoms with Crippen LogP contribution in [-0.2, 0) is 14.3 Å². The van der Waals surface area contributed by atoms with Crippen molar-refractivity contribution in [2.75, 3.05) is 30.2 Å². The predicted molar refractivity (Wildman–Crippen MR) is 115 cm³/mol. The molecular formula is C22H19ClN2O7. The van der Waals surface area contributed by atoms with Gasteiger partial charge in [0.2, 0.25) is 12.7 Å². The van der Waals surface area contributed by atoms with E-state index < -0.39 is 18.5 Å². The third kappa shape index (κ3) is 4.38. The molecule has 10 heteroatoms. The zero-order valence-electron chi connectivity index (χ0n) is 17.1. The summed E-state index contributed by atoms with van der Waals surface area (Å²) in [7, 11) is 0. The van der Waals surface area contributed by atoms with E-state index in [1.54, 1.807) is 0 Å². The Kier molecular flexibility index (Phi) is 6.00. The van der Waals surface area contributed by atoms with Gasteiger partial charge in [-0.1, -0.05) is 11.6 Å². The van der Waals surface area contributed by atoms with Crippen LogP contribution in [0.5, 0.6) is 11.5 Å². The Bertz CT molecular complexity index is 1130. The van der Waals surface area contributed by atoms with Crippen molar-refractivity contribution in [2.24, 2.45) is 0 Å². The van der Waals surface area contributed by atoms with Gasteiger partial charge in [0.05, 0.1) is 16.9 Å². The lowest BCUT2D eigenvalue weighted by Crippen LogP contribution is -2.27. The lowest BCUT2D eigenvalue weighted by atomic mass is 10.1. The number of fused-ring (bicyclic) bond motifs is 1. The molecule has 1 N–H and O–H groups in total. The van der Waals surface area contributed by atoms with Crippen LogP contribution in [0.4, 0.5) is 11.4 Å². The molecule has 0 radical (unpaired) electrons.